The van der Waals surface area contributed by atoms with Gasteiger partial charge in [0.05, 0.1) is 5.88 Å². The van der Waals surface area contributed by atoms with E-state index in [1.165, 1.54) is 25.7 Å². The highest BCUT2D eigenvalue weighted by Gasteiger charge is 2.21. The number of hydrogen-bond acceptors (Lipinski definition) is 2. The van der Waals surface area contributed by atoms with E-state index < -0.39 is 0 Å². The van der Waals surface area contributed by atoms with Crippen molar-refractivity contribution in [3.63, 3.8) is 0 Å². The van der Waals surface area contributed by atoms with Crippen LogP contribution in [0.2, 0.25) is 0 Å². The summed E-state index contributed by atoms with van der Waals surface area (Å²) in [5.41, 5.74) is 0.00775. The van der Waals surface area contributed by atoms with Crippen molar-refractivity contribution in [3.8, 4) is 0 Å². The molecule has 1 rings (SSSR count). The lowest BCUT2D eigenvalue weighted by molar-refractivity contribution is 0.370. The van der Waals surface area contributed by atoms with Gasteiger partial charge in [0.15, 0.2) is 0 Å². The van der Waals surface area contributed by atoms with Crippen LogP contribution >= 0.6 is 11.6 Å². The number of aromatic nitrogens is 3. The van der Waals surface area contributed by atoms with Crippen LogP contribution in [0.3, 0.4) is 0 Å². The van der Waals surface area contributed by atoms with Crippen molar-refractivity contribution >= 4 is 11.6 Å². The van der Waals surface area contributed by atoms with E-state index in [0.29, 0.717) is 5.88 Å². The fraction of sp³-hybridized carbons (Fsp3) is 0.846. The average Bonchev–Trinajstić information content (AvgIpc) is 2.67. The Kier molecular flexibility index (Phi) is 5.44. The van der Waals surface area contributed by atoms with Gasteiger partial charge in [-0.25, -0.2) is 0 Å². The second kappa shape index (κ2) is 6.39. The molecule has 0 fully saturated rings. The third-order valence-electron chi connectivity index (χ3n) is 2.84. The maximum atomic E-state index is 5.91. The molecule has 0 N–H and O–H groups in total. The molecule has 0 aliphatic carbocycles. The smallest absolute Gasteiger partial charge is 0.148 e. The third kappa shape index (κ3) is 3.98. The lowest BCUT2D eigenvalue weighted by Crippen LogP contribution is -2.26. The molecule has 17 heavy (non-hydrogen) atoms. The maximum Gasteiger partial charge on any atom is 0.148 e. The first kappa shape index (κ1) is 14.5. The monoisotopic (exact) mass is 257 g/mol. The highest BCUT2D eigenvalue weighted by atomic mass is 35.5. The van der Waals surface area contributed by atoms with Gasteiger partial charge in [-0.2, -0.15) is 0 Å². The maximum absolute atomic E-state index is 5.91. The van der Waals surface area contributed by atoms with Crippen LogP contribution in [-0.4, -0.2) is 14.8 Å². The van der Waals surface area contributed by atoms with E-state index in [0.717, 1.165) is 18.1 Å². The summed E-state index contributed by atoms with van der Waals surface area (Å²) in [4.78, 5) is 0. The van der Waals surface area contributed by atoms with E-state index in [1.54, 1.807) is 0 Å². The summed E-state index contributed by atoms with van der Waals surface area (Å²) in [7, 11) is 0. The normalized spacial score (nSPS) is 12.1. The van der Waals surface area contributed by atoms with E-state index in [4.69, 9.17) is 11.6 Å². The first-order chi connectivity index (χ1) is 8.00. The van der Waals surface area contributed by atoms with Crippen LogP contribution in [0.5, 0.6) is 0 Å². The number of aryl methyl sites for hydroxylation is 1. The van der Waals surface area contributed by atoms with Crippen LogP contribution < -0.4 is 0 Å². The Morgan fingerprint density at radius 3 is 2.24 bits per heavy atom. The van der Waals surface area contributed by atoms with Gasteiger partial charge in [-0.1, -0.05) is 26.2 Å². The minimum atomic E-state index is 0.00775. The van der Waals surface area contributed by atoms with Crippen LogP contribution in [0.4, 0.5) is 0 Å². The molecule has 98 valence electrons. The van der Waals surface area contributed by atoms with E-state index in [1.807, 2.05) is 0 Å². The summed E-state index contributed by atoms with van der Waals surface area (Å²) in [6.07, 6.45) is 6.01. The van der Waals surface area contributed by atoms with Gasteiger partial charge >= 0.3 is 0 Å². The number of unbranched alkanes of at least 4 members (excludes halogenated alkanes) is 3. The van der Waals surface area contributed by atoms with Gasteiger partial charge in [-0.05, 0) is 27.2 Å². The first-order valence-electron chi connectivity index (χ1n) is 6.50. The van der Waals surface area contributed by atoms with Crippen LogP contribution in [0, 0.1) is 0 Å². The predicted octanol–water partition coefficient (Wildman–Crippen LogP) is 3.89. The van der Waals surface area contributed by atoms with E-state index in [-0.39, 0.29) is 5.54 Å². The first-order valence-corrected chi connectivity index (χ1v) is 7.03. The number of hydrogen-bond donors (Lipinski definition) is 0. The van der Waals surface area contributed by atoms with Crippen LogP contribution in [-0.2, 0) is 17.8 Å². The lowest BCUT2D eigenvalue weighted by atomic mass is 10.1. The van der Waals surface area contributed by atoms with Crippen molar-refractivity contribution in [2.75, 3.05) is 0 Å². The zero-order valence-electron chi connectivity index (χ0n) is 11.5. The molecule has 0 bridgehead atoms. The molecule has 0 saturated carbocycles. The minimum absolute atomic E-state index is 0.00775. The van der Waals surface area contributed by atoms with Crippen molar-refractivity contribution in [3.05, 3.63) is 11.6 Å². The highest BCUT2D eigenvalue weighted by molar-refractivity contribution is 6.16. The summed E-state index contributed by atoms with van der Waals surface area (Å²) in [6, 6.07) is 0. The standard InChI is InChI=1S/C13H24ClN3/c1-5-6-7-8-9-11-15-16-12(10-14)17(11)13(2,3)4/h5-10H2,1-4H3. The molecule has 0 radical (unpaired) electrons. The average molecular weight is 258 g/mol. The van der Waals surface area contributed by atoms with Crippen LogP contribution in [0.15, 0.2) is 0 Å². The molecule has 1 aromatic rings. The van der Waals surface area contributed by atoms with Gasteiger partial charge in [0.25, 0.3) is 0 Å². The molecule has 0 amide bonds. The Morgan fingerprint density at radius 1 is 1.06 bits per heavy atom. The Balaban J connectivity index is 2.75. The minimum Gasteiger partial charge on any atom is -0.309 e. The lowest BCUT2D eigenvalue weighted by Gasteiger charge is -2.24. The van der Waals surface area contributed by atoms with Crippen LogP contribution in [0.1, 0.15) is 65.0 Å². The summed E-state index contributed by atoms with van der Waals surface area (Å²) in [6.45, 7) is 8.73. The molecule has 0 aliphatic rings. The van der Waals surface area contributed by atoms with Crippen LogP contribution in [0.25, 0.3) is 0 Å². The molecule has 4 heteroatoms. The van der Waals surface area contributed by atoms with Gasteiger partial charge in [0.1, 0.15) is 11.6 Å². The van der Waals surface area contributed by atoms with E-state index in [2.05, 4.69) is 42.5 Å². The van der Waals surface area contributed by atoms with Gasteiger partial charge in [0.2, 0.25) is 0 Å². The number of halogens is 1. The summed E-state index contributed by atoms with van der Waals surface area (Å²) in [5, 5.41) is 8.46. The Morgan fingerprint density at radius 2 is 1.71 bits per heavy atom. The number of nitrogens with zero attached hydrogens (tertiary/aromatic N) is 3. The van der Waals surface area contributed by atoms with Crippen molar-refractivity contribution in [2.24, 2.45) is 0 Å². The molecule has 0 saturated heterocycles. The SMILES string of the molecule is CCCCCCc1nnc(CCl)n1C(C)(C)C. The summed E-state index contributed by atoms with van der Waals surface area (Å²) >= 11 is 5.91. The van der Waals surface area contributed by atoms with Gasteiger partial charge in [0, 0.05) is 12.0 Å². The molecule has 3 nitrogen and oxygen atoms in total. The van der Waals surface area contributed by atoms with Gasteiger partial charge in [-0.3, -0.25) is 0 Å². The zero-order valence-corrected chi connectivity index (χ0v) is 12.2. The summed E-state index contributed by atoms with van der Waals surface area (Å²) < 4.78 is 2.19. The molecule has 1 aromatic heterocycles. The molecule has 0 unspecified atom stereocenters. The largest absolute Gasteiger partial charge is 0.309 e. The van der Waals surface area contributed by atoms with E-state index >= 15 is 0 Å². The Labute approximate surface area is 110 Å². The second-order valence-electron chi connectivity index (χ2n) is 5.48. The molecule has 0 aliphatic heterocycles. The fourth-order valence-corrected chi connectivity index (χ4v) is 2.26. The fourth-order valence-electron chi connectivity index (χ4n) is 2.09. The zero-order chi connectivity index (χ0) is 12.9. The van der Waals surface area contributed by atoms with Crippen molar-refractivity contribution in [1.29, 1.82) is 0 Å². The van der Waals surface area contributed by atoms with Crippen molar-refractivity contribution in [2.45, 2.75) is 71.2 Å². The molecular formula is C13H24ClN3. The molecular weight excluding hydrogens is 234 g/mol. The van der Waals surface area contributed by atoms with Crippen molar-refractivity contribution < 1.29 is 0 Å². The molecule has 0 aromatic carbocycles. The Bertz CT molecular complexity index is 339. The predicted molar refractivity (Wildman–Crippen MR) is 72.4 cm³/mol. The van der Waals surface area contributed by atoms with Gasteiger partial charge in [-0.15, -0.1) is 21.8 Å². The highest BCUT2D eigenvalue weighted by Crippen LogP contribution is 2.21. The quantitative estimate of drug-likeness (QED) is 0.572. The van der Waals surface area contributed by atoms with Gasteiger partial charge < -0.3 is 4.57 Å². The molecule has 1 heterocycles. The third-order valence-corrected chi connectivity index (χ3v) is 3.08. The Hall–Kier alpha value is -0.570. The molecule has 0 atom stereocenters. The van der Waals surface area contributed by atoms with Crippen molar-refractivity contribution in [1.82, 2.24) is 14.8 Å². The topological polar surface area (TPSA) is 30.7 Å². The van der Waals surface area contributed by atoms with E-state index in [9.17, 15) is 0 Å². The molecule has 0 spiro atoms. The second-order valence-corrected chi connectivity index (χ2v) is 5.75. The number of alkyl halides is 1. The number of rotatable bonds is 6. The summed E-state index contributed by atoms with van der Waals surface area (Å²) in [5.74, 6) is 2.38.